The Morgan fingerprint density at radius 1 is 1.03 bits per heavy atom. The maximum absolute atomic E-state index is 14.4. The SMILES string of the molecule is Cc1nn2c(O)cc(-c3ccc(S(=O)(=O)O)cc3)nc2c1-c1ccc(F)cc1F. The molecule has 0 aliphatic carbocycles. The van der Waals surface area contributed by atoms with Crippen molar-refractivity contribution >= 4 is 15.8 Å². The van der Waals surface area contributed by atoms with Gasteiger partial charge < -0.3 is 5.11 Å². The highest BCUT2D eigenvalue weighted by atomic mass is 32.2. The summed E-state index contributed by atoms with van der Waals surface area (Å²) >= 11 is 0. The van der Waals surface area contributed by atoms with Gasteiger partial charge in [0.15, 0.2) is 5.65 Å². The van der Waals surface area contributed by atoms with Gasteiger partial charge in [-0.15, -0.1) is 0 Å². The monoisotopic (exact) mass is 417 g/mol. The molecule has 0 aliphatic rings. The Kier molecular flexibility index (Phi) is 4.32. The molecule has 4 rings (SSSR count). The zero-order chi connectivity index (χ0) is 20.9. The Labute approximate surface area is 163 Å². The topological polar surface area (TPSA) is 105 Å². The summed E-state index contributed by atoms with van der Waals surface area (Å²) in [5.74, 6) is -1.80. The molecule has 29 heavy (non-hydrogen) atoms. The van der Waals surface area contributed by atoms with E-state index in [9.17, 15) is 22.3 Å². The third-order valence-corrected chi connectivity index (χ3v) is 5.26. The van der Waals surface area contributed by atoms with Crippen molar-refractivity contribution in [3.05, 3.63) is 65.9 Å². The van der Waals surface area contributed by atoms with Gasteiger partial charge in [0.05, 0.1) is 21.8 Å². The van der Waals surface area contributed by atoms with E-state index in [1.54, 1.807) is 6.92 Å². The molecule has 0 amide bonds. The minimum atomic E-state index is -4.35. The molecule has 4 aromatic rings. The number of rotatable bonds is 3. The van der Waals surface area contributed by atoms with E-state index in [1.165, 1.54) is 36.4 Å². The molecule has 0 unspecified atom stereocenters. The van der Waals surface area contributed by atoms with Gasteiger partial charge >= 0.3 is 0 Å². The minimum Gasteiger partial charge on any atom is -0.493 e. The fourth-order valence-corrected chi connectivity index (χ4v) is 3.54. The molecule has 0 fully saturated rings. The van der Waals surface area contributed by atoms with Crippen LogP contribution in [0.4, 0.5) is 8.78 Å². The van der Waals surface area contributed by atoms with Crippen LogP contribution in [-0.4, -0.2) is 32.7 Å². The van der Waals surface area contributed by atoms with E-state index >= 15 is 0 Å². The first kappa shape index (κ1) is 19.0. The highest BCUT2D eigenvalue weighted by molar-refractivity contribution is 7.85. The molecule has 2 aromatic carbocycles. The van der Waals surface area contributed by atoms with Crippen molar-refractivity contribution in [2.24, 2.45) is 0 Å². The van der Waals surface area contributed by atoms with Gasteiger partial charge in [0.2, 0.25) is 5.88 Å². The van der Waals surface area contributed by atoms with Crippen LogP contribution in [0.1, 0.15) is 5.69 Å². The first-order valence-corrected chi connectivity index (χ1v) is 9.72. The average molecular weight is 417 g/mol. The van der Waals surface area contributed by atoms with E-state index in [0.29, 0.717) is 11.3 Å². The first-order valence-electron chi connectivity index (χ1n) is 8.28. The third-order valence-electron chi connectivity index (χ3n) is 4.39. The predicted octanol–water partition coefficient (Wildman–Crippen LogP) is 3.60. The lowest BCUT2D eigenvalue weighted by atomic mass is 10.1. The lowest BCUT2D eigenvalue weighted by Crippen LogP contribution is -1.98. The predicted molar refractivity (Wildman–Crippen MR) is 100.0 cm³/mol. The number of halogens is 2. The van der Waals surface area contributed by atoms with Crippen molar-refractivity contribution in [1.29, 1.82) is 0 Å². The summed E-state index contributed by atoms with van der Waals surface area (Å²) in [5.41, 5.74) is 1.58. The number of aromatic hydroxyl groups is 1. The maximum atomic E-state index is 14.4. The Balaban J connectivity index is 1.93. The summed E-state index contributed by atoms with van der Waals surface area (Å²) in [6.45, 7) is 1.60. The van der Waals surface area contributed by atoms with E-state index in [-0.39, 0.29) is 33.2 Å². The summed E-state index contributed by atoms with van der Waals surface area (Å²) in [4.78, 5) is 4.14. The number of nitrogens with zero attached hydrogens (tertiary/aromatic N) is 3. The fraction of sp³-hybridized carbons (Fsp3) is 0.0526. The third kappa shape index (κ3) is 3.32. The first-order chi connectivity index (χ1) is 13.6. The van der Waals surface area contributed by atoms with Gasteiger partial charge in [0, 0.05) is 23.3 Å². The quantitative estimate of drug-likeness (QED) is 0.494. The molecule has 0 spiro atoms. The summed E-state index contributed by atoms with van der Waals surface area (Å²) < 4.78 is 60.3. The van der Waals surface area contributed by atoms with Crippen LogP contribution in [0.5, 0.6) is 5.88 Å². The summed E-state index contributed by atoms with van der Waals surface area (Å²) in [5, 5.41) is 14.5. The number of benzene rings is 2. The van der Waals surface area contributed by atoms with Gasteiger partial charge in [-0.2, -0.15) is 18.0 Å². The molecule has 148 valence electrons. The second-order valence-electron chi connectivity index (χ2n) is 6.32. The molecule has 0 radical (unpaired) electrons. The molecule has 7 nitrogen and oxygen atoms in total. The van der Waals surface area contributed by atoms with E-state index < -0.39 is 21.8 Å². The standard InChI is InChI=1S/C19H13F2N3O4S/c1-10-18(14-7-4-12(20)8-15(14)21)19-22-16(9-17(25)24(19)23-10)11-2-5-13(6-3-11)29(26,27)28/h2-9,25H,1H3,(H,26,27,28). The van der Waals surface area contributed by atoms with Crippen LogP contribution in [0.15, 0.2) is 53.4 Å². The van der Waals surface area contributed by atoms with E-state index in [1.807, 2.05) is 0 Å². The van der Waals surface area contributed by atoms with Gasteiger partial charge in [0.25, 0.3) is 10.1 Å². The van der Waals surface area contributed by atoms with Crippen molar-refractivity contribution in [2.45, 2.75) is 11.8 Å². The van der Waals surface area contributed by atoms with Crippen molar-refractivity contribution in [2.75, 3.05) is 0 Å². The number of hydrogen-bond donors (Lipinski definition) is 2. The molecule has 2 aromatic heterocycles. The Hall–Kier alpha value is -3.37. The highest BCUT2D eigenvalue weighted by Crippen LogP contribution is 2.33. The maximum Gasteiger partial charge on any atom is 0.294 e. The molecule has 2 N–H and O–H groups in total. The molecule has 0 atom stereocenters. The average Bonchev–Trinajstić information content (AvgIpc) is 2.98. The number of fused-ring (bicyclic) bond motifs is 1. The van der Waals surface area contributed by atoms with Crippen molar-refractivity contribution < 1.29 is 26.9 Å². The zero-order valence-electron chi connectivity index (χ0n) is 14.8. The lowest BCUT2D eigenvalue weighted by molar-refractivity contribution is 0.435. The molecule has 2 heterocycles. The summed E-state index contributed by atoms with van der Waals surface area (Å²) in [7, 11) is -4.35. The molecule has 0 saturated carbocycles. The molecule has 0 bridgehead atoms. The molecular formula is C19H13F2N3O4S. The highest BCUT2D eigenvalue weighted by Gasteiger charge is 2.20. The van der Waals surface area contributed by atoms with Crippen LogP contribution in [0.3, 0.4) is 0 Å². The van der Waals surface area contributed by atoms with Crippen molar-refractivity contribution in [3.63, 3.8) is 0 Å². The minimum absolute atomic E-state index is 0.0738. The lowest BCUT2D eigenvalue weighted by Gasteiger charge is -2.07. The second-order valence-corrected chi connectivity index (χ2v) is 7.74. The van der Waals surface area contributed by atoms with Crippen LogP contribution in [0, 0.1) is 18.6 Å². The van der Waals surface area contributed by atoms with Crippen molar-refractivity contribution in [3.8, 4) is 28.3 Å². The van der Waals surface area contributed by atoms with Crippen LogP contribution in [0.25, 0.3) is 28.0 Å². The zero-order valence-corrected chi connectivity index (χ0v) is 15.7. The van der Waals surface area contributed by atoms with E-state index in [2.05, 4.69) is 10.1 Å². The van der Waals surface area contributed by atoms with Crippen molar-refractivity contribution in [1.82, 2.24) is 14.6 Å². The molecule has 0 saturated heterocycles. The van der Waals surface area contributed by atoms with Gasteiger partial charge in [-0.3, -0.25) is 4.55 Å². The smallest absolute Gasteiger partial charge is 0.294 e. The van der Waals surface area contributed by atoms with Crippen LogP contribution >= 0.6 is 0 Å². The molecular weight excluding hydrogens is 404 g/mol. The van der Waals surface area contributed by atoms with Gasteiger partial charge in [-0.25, -0.2) is 13.8 Å². The number of hydrogen-bond acceptors (Lipinski definition) is 5. The summed E-state index contributed by atoms with van der Waals surface area (Å²) in [6, 6.07) is 9.62. The normalized spacial score (nSPS) is 11.9. The Morgan fingerprint density at radius 3 is 2.34 bits per heavy atom. The van der Waals surface area contributed by atoms with Gasteiger partial charge in [0.1, 0.15) is 11.6 Å². The molecule has 10 heteroatoms. The Morgan fingerprint density at radius 2 is 1.72 bits per heavy atom. The largest absolute Gasteiger partial charge is 0.493 e. The number of aromatic nitrogens is 3. The number of aryl methyl sites for hydroxylation is 1. The van der Waals surface area contributed by atoms with Crippen LogP contribution < -0.4 is 0 Å². The Bertz CT molecular complexity index is 1370. The van der Waals surface area contributed by atoms with Gasteiger partial charge in [-0.05, 0) is 31.2 Å². The van der Waals surface area contributed by atoms with E-state index in [0.717, 1.165) is 16.6 Å². The van der Waals surface area contributed by atoms with Crippen LogP contribution in [0.2, 0.25) is 0 Å². The molecule has 0 aliphatic heterocycles. The van der Waals surface area contributed by atoms with Crippen LogP contribution in [-0.2, 0) is 10.1 Å². The van der Waals surface area contributed by atoms with Gasteiger partial charge in [-0.1, -0.05) is 12.1 Å². The van der Waals surface area contributed by atoms with E-state index in [4.69, 9.17) is 4.55 Å². The fourth-order valence-electron chi connectivity index (χ4n) is 3.06. The summed E-state index contributed by atoms with van der Waals surface area (Å²) in [6.07, 6.45) is 0. The second kappa shape index (κ2) is 6.61.